The third kappa shape index (κ3) is 3.12. The molecule has 1 amide bonds. The zero-order chi connectivity index (χ0) is 13.9. The van der Waals surface area contributed by atoms with E-state index < -0.39 is 0 Å². The number of carbonyl (C=O) groups excluding carboxylic acids is 1. The normalized spacial score (nSPS) is 21.5. The number of nitrogens with zero attached hydrogens (tertiary/aromatic N) is 3. The van der Waals surface area contributed by atoms with Gasteiger partial charge < -0.3 is 10.6 Å². The van der Waals surface area contributed by atoms with E-state index in [0.717, 1.165) is 45.6 Å². The van der Waals surface area contributed by atoms with Crippen LogP contribution in [0.2, 0.25) is 0 Å². The van der Waals surface area contributed by atoms with Crippen molar-refractivity contribution in [3.05, 3.63) is 11.1 Å². The zero-order valence-electron chi connectivity index (χ0n) is 11.8. The molecule has 0 bridgehead atoms. The predicted molar refractivity (Wildman–Crippen MR) is 80.3 cm³/mol. The fraction of sp³-hybridized carbons (Fsp3) is 0.714. The van der Waals surface area contributed by atoms with Crippen molar-refractivity contribution in [3.63, 3.8) is 0 Å². The third-order valence-corrected chi connectivity index (χ3v) is 5.12. The summed E-state index contributed by atoms with van der Waals surface area (Å²) < 4.78 is 0. The van der Waals surface area contributed by atoms with Crippen LogP contribution in [0.1, 0.15) is 30.6 Å². The second kappa shape index (κ2) is 6.10. The number of rotatable bonds is 3. The summed E-state index contributed by atoms with van der Waals surface area (Å²) >= 11 is 1.56. The Hall–Kier alpha value is -1.14. The van der Waals surface area contributed by atoms with E-state index in [1.807, 2.05) is 6.20 Å². The molecule has 110 valence electrons. The number of aromatic nitrogens is 1. The molecule has 2 aliphatic heterocycles. The van der Waals surface area contributed by atoms with Gasteiger partial charge in [-0.25, -0.2) is 4.98 Å². The number of amides is 1. The maximum atomic E-state index is 12.4. The number of hydrogen-bond acceptors (Lipinski definition) is 5. The maximum absolute atomic E-state index is 12.4. The topological polar surface area (TPSA) is 62.5 Å². The second-order valence-electron chi connectivity index (χ2n) is 5.75. The number of nitrogens with two attached hydrogens (primary N) is 1. The summed E-state index contributed by atoms with van der Waals surface area (Å²) in [5.41, 5.74) is 5.65. The summed E-state index contributed by atoms with van der Waals surface area (Å²) in [5, 5.41) is 0.638. The van der Waals surface area contributed by atoms with Crippen LogP contribution in [0, 0.1) is 5.92 Å². The van der Waals surface area contributed by atoms with Gasteiger partial charge in [0.2, 0.25) is 5.91 Å². The highest BCUT2D eigenvalue weighted by Gasteiger charge is 2.29. The molecule has 0 unspecified atom stereocenters. The van der Waals surface area contributed by atoms with Crippen LogP contribution >= 0.6 is 11.3 Å². The van der Waals surface area contributed by atoms with Gasteiger partial charge in [0.05, 0.1) is 0 Å². The number of hydrogen-bond donors (Lipinski definition) is 1. The SMILES string of the molecule is Nc1ncc(CN2CCC(C(=O)N3CCCC3)CC2)s1. The van der Waals surface area contributed by atoms with E-state index in [1.165, 1.54) is 17.7 Å². The van der Waals surface area contributed by atoms with E-state index in [1.54, 1.807) is 11.3 Å². The van der Waals surface area contributed by atoms with Gasteiger partial charge in [0, 0.05) is 36.6 Å². The van der Waals surface area contributed by atoms with Crippen molar-refractivity contribution in [1.29, 1.82) is 0 Å². The second-order valence-corrected chi connectivity index (χ2v) is 6.89. The predicted octanol–water partition coefficient (Wildman–Crippen LogP) is 1.56. The Bertz CT molecular complexity index is 461. The first-order valence-corrected chi connectivity index (χ1v) is 8.25. The minimum atomic E-state index is 0.246. The highest BCUT2D eigenvalue weighted by molar-refractivity contribution is 7.15. The van der Waals surface area contributed by atoms with Crippen LogP contribution in [0.15, 0.2) is 6.20 Å². The number of thiazole rings is 1. The average molecular weight is 294 g/mol. The van der Waals surface area contributed by atoms with Crippen LogP contribution in [0.4, 0.5) is 5.13 Å². The van der Waals surface area contributed by atoms with Crippen LogP contribution < -0.4 is 5.73 Å². The van der Waals surface area contributed by atoms with Crippen molar-refractivity contribution in [2.75, 3.05) is 31.9 Å². The molecule has 2 saturated heterocycles. The quantitative estimate of drug-likeness (QED) is 0.919. The van der Waals surface area contributed by atoms with Gasteiger partial charge in [-0.15, -0.1) is 11.3 Å². The summed E-state index contributed by atoms with van der Waals surface area (Å²) in [7, 11) is 0. The van der Waals surface area contributed by atoms with E-state index >= 15 is 0 Å². The van der Waals surface area contributed by atoms with Crippen LogP contribution in [-0.2, 0) is 11.3 Å². The zero-order valence-corrected chi connectivity index (χ0v) is 12.6. The van der Waals surface area contributed by atoms with E-state index in [2.05, 4.69) is 14.8 Å². The lowest BCUT2D eigenvalue weighted by atomic mass is 9.95. The first-order valence-electron chi connectivity index (χ1n) is 7.43. The van der Waals surface area contributed by atoms with Gasteiger partial charge in [-0.3, -0.25) is 9.69 Å². The minimum absolute atomic E-state index is 0.246. The van der Waals surface area contributed by atoms with E-state index in [-0.39, 0.29) is 5.92 Å². The molecule has 1 aromatic heterocycles. The van der Waals surface area contributed by atoms with Crippen LogP contribution in [0.3, 0.4) is 0 Å². The summed E-state index contributed by atoms with van der Waals surface area (Å²) in [5.74, 6) is 0.639. The molecule has 0 aliphatic carbocycles. The van der Waals surface area contributed by atoms with Gasteiger partial charge in [0.25, 0.3) is 0 Å². The van der Waals surface area contributed by atoms with Crippen LogP contribution in [0.25, 0.3) is 0 Å². The molecule has 3 rings (SSSR count). The summed E-state index contributed by atoms with van der Waals surface area (Å²) in [6.07, 6.45) is 6.20. The molecule has 0 saturated carbocycles. The van der Waals surface area contributed by atoms with Crippen molar-refractivity contribution >= 4 is 22.4 Å². The molecular weight excluding hydrogens is 272 g/mol. The molecule has 0 radical (unpaired) electrons. The Morgan fingerprint density at radius 2 is 2.00 bits per heavy atom. The first kappa shape index (κ1) is 13.8. The largest absolute Gasteiger partial charge is 0.375 e. The Morgan fingerprint density at radius 3 is 2.60 bits per heavy atom. The standard InChI is InChI=1S/C14H22N4OS/c15-14-16-9-12(20-14)10-17-7-3-11(4-8-17)13(19)18-5-1-2-6-18/h9,11H,1-8,10H2,(H2,15,16). The Morgan fingerprint density at radius 1 is 1.30 bits per heavy atom. The molecule has 6 heteroatoms. The Kier molecular flexibility index (Phi) is 4.21. The summed E-state index contributed by atoms with van der Waals surface area (Å²) in [6, 6.07) is 0. The summed E-state index contributed by atoms with van der Waals surface area (Å²) in [4.78, 5) is 22.1. The van der Waals surface area contributed by atoms with E-state index in [0.29, 0.717) is 11.0 Å². The lowest BCUT2D eigenvalue weighted by molar-refractivity contribution is -0.136. The molecule has 0 aromatic carbocycles. The molecule has 2 fully saturated rings. The maximum Gasteiger partial charge on any atom is 0.225 e. The van der Waals surface area contributed by atoms with E-state index in [4.69, 9.17) is 5.73 Å². The van der Waals surface area contributed by atoms with Crippen molar-refractivity contribution < 1.29 is 4.79 Å². The molecule has 3 heterocycles. The molecule has 0 atom stereocenters. The monoisotopic (exact) mass is 294 g/mol. The number of anilines is 1. The minimum Gasteiger partial charge on any atom is -0.375 e. The Labute approximate surface area is 123 Å². The van der Waals surface area contributed by atoms with Crippen molar-refractivity contribution in [3.8, 4) is 0 Å². The molecule has 0 spiro atoms. The molecule has 5 nitrogen and oxygen atoms in total. The van der Waals surface area contributed by atoms with Gasteiger partial charge in [-0.1, -0.05) is 0 Å². The van der Waals surface area contributed by atoms with Gasteiger partial charge >= 0.3 is 0 Å². The smallest absolute Gasteiger partial charge is 0.225 e. The molecule has 2 aliphatic rings. The molecule has 2 N–H and O–H groups in total. The van der Waals surface area contributed by atoms with Crippen LogP contribution in [-0.4, -0.2) is 46.9 Å². The number of carbonyl (C=O) groups is 1. The van der Waals surface area contributed by atoms with Gasteiger partial charge in [-0.2, -0.15) is 0 Å². The Balaban J connectivity index is 1.48. The fourth-order valence-corrected chi connectivity index (χ4v) is 3.88. The first-order chi connectivity index (χ1) is 9.72. The van der Waals surface area contributed by atoms with E-state index in [9.17, 15) is 4.79 Å². The summed E-state index contributed by atoms with van der Waals surface area (Å²) in [6.45, 7) is 4.86. The number of nitrogen functional groups attached to an aromatic ring is 1. The van der Waals surface area contributed by atoms with Gasteiger partial charge in [-0.05, 0) is 38.8 Å². The van der Waals surface area contributed by atoms with Crippen LogP contribution in [0.5, 0.6) is 0 Å². The van der Waals surface area contributed by atoms with Crippen molar-refractivity contribution in [2.24, 2.45) is 5.92 Å². The van der Waals surface area contributed by atoms with Gasteiger partial charge in [0.15, 0.2) is 5.13 Å². The molecule has 1 aromatic rings. The third-order valence-electron chi connectivity index (χ3n) is 4.31. The lowest BCUT2D eigenvalue weighted by Crippen LogP contribution is -2.41. The van der Waals surface area contributed by atoms with Crippen molar-refractivity contribution in [2.45, 2.75) is 32.2 Å². The highest BCUT2D eigenvalue weighted by Crippen LogP contribution is 2.24. The molecular formula is C14H22N4OS. The fourth-order valence-electron chi connectivity index (χ4n) is 3.15. The van der Waals surface area contributed by atoms with Crippen molar-refractivity contribution in [1.82, 2.24) is 14.8 Å². The molecule has 20 heavy (non-hydrogen) atoms. The lowest BCUT2D eigenvalue weighted by Gasteiger charge is -2.32. The number of piperidine rings is 1. The number of likely N-dealkylation sites (tertiary alicyclic amines) is 2. The average Bonchev–Trinajstić information content (AvgIpc) is 3.11. The highest BCUT2D eigenvalue weighted by atomic mass is 32.1. The van der Waals surface area contributed by atoms with Gasteiger partial charge in [0.1, 0.15) is 0 Å².